The first-order chi connectivity index (χ1) is 9.27. The van der Waals surface area contributed by atoms with E-state index in [0.717, 1.165) is 0 Å². The zero-order valence-corrected chi connectivity index (χ0v) is 11.3. The van der Waals surface area contributed by atoms with Gasteiger partial charge >= 0.3 is 23.9 Å². The van der Waals surface area contributed by atoms with Gasteiger partial charge < -0.3 is 25.2 Å². The van der Waals surface area contributed by atoms with Gasteiger partial charge in [0.1, 0.15) is 6.04 Å². The highest BCUT2D eigenvalue weighted by Crippen LogP contribution is 1.98. The summed E-state index contributed by atoms with van der Waals surface area (Å²) in [4.78, 5) is 44.9. The zero-order valence-electron chi connectivity index (χ0n) is 11.3. The van der Waals surface area contributed by atoms with E-state index in [-0.39, 0.29) is 13.0 Å². The van der Waals surface area contributed by atoms with Crippen LogP contribution >= 0.6 is 0 Å². The van der Waals surface area contributed by atoms with Crippen LogP contribution in [0.5, 0.6) is 0 Å². The van der Waals surface area contributed by atoms with Crippen molar-refractivity contribution in [2.45, 2.75) is 25.3 Å². The predicted molar refractivity (Wildman–Crippen MR) is 66.1 cm³/mol. The van der Waals surface area contributed by atoms with E-state index in [1.165, 1.54) is 19.1 Å². The highest BCUT2D eigenvalue weighted by Gasteiger charge is 2.24. The number of carbonyl (C=O) groups is 4. The SMILES string of the molecule is COC(=O)CCCN(C)C(=O)NC(CC(=O)O)C(=O)O. The number of carboxylic acids is 2. The Morgan fingerprint density at radius 2 is 1.85 bits per heavy atom. The molecule has 0 heterocycles. The standard InChI is InChI=1S/C11H18N2O7/c1-13(5-3-4-9(16)20-2)11(19)12-7(10(17)18)6-8(14)15/h7H,3-6H2,1-2H3,(H,12,19)(H,14,15)(H,17,18). The number of nitrogens with one attached hydrogen (secondary N) is 1. The average Bonchev–Trinajstić information content (AvgIpc) is 2.36. The zero-order chi connectivity index (χ0) is 15.7. The Kier molecular flexibility index (Phi) is 7.71. The number of hydrogen-bond acceptors (Lipinski definition) is 5. The first kappa shape index (κ1) is 17.7. The molecule has 0 aliphatic heterocycles. The monoisotopic (exact) mass is 290 g/mol. The number of hydrogen-bond donors (Lipinski definition) is 3. The summed E-state index contributed by atoms with van der Waals surface area (Å²) in [5, 5.41) is 19.4. The van der Waals surface area contributed by atoms with Crippen molar-refractivity contribution in [3.05, 3.63) is 0 Å². The van der Waals surface area contributed by atoms with Crippen molar-refractivity contribution in [3.8, 4) is 0 Å². The van der Waals surface area contributed by atoms with E-state index in [4.69, 9.17) is 10.2 Å². The van der Waals surface area contributed by atoms with E-state index >= 15 is 0 Å². The molecule has 0 bridgehead atoms. The summed E-state index contributed by atoms with van der Waals surface area (Å²) in [7, 11) is 2.66. The highest BCUT2D eigenvalue weighted by molar-refractivity contribution is 5.86. The molecule has 2 amide bonds. The molecule has 0 saturated carbocycles. The summed E-state index contributed by atoms with van der Waals surface area (Å²) >= 11 is 0. The Morgan fingerprint density at radius 1 is 1.25 bits per heavy atom. The van der Waals surface area contributed by atoms with Crippen LogP contribution in [0.4, 0.5) is 4.79 Å². The molecule has 9 heteroatoms. The number of methoxy groups -OCH3 is 1. The van der Waals surface area contributed by atoms with E-state index in [1.807, 2.05) is 0 Å². The molecule has 0 rings (SSSR count). The minimum atomic E-state index is -1.50. The van der Waals surface area contributed by atoms with E-state index in [1.54, 1.807) is 0 Å². The van der Waals surface area contributed by atoms with Gasteiger partial charge in [0.05, 0.1) is 13.5 Å². The Bertz CT molecular complexity index is 383. The lowest BCUT2D eigenvalue weighted by molar-refractivity contribution is -0.145. The van der Waals surface area contributed by atoms with Crippen LogP contribution in [-0.4, -0.2) is 65.8 Å². The average molecular weight is 290 g/mol. The van der Waals surface area contributed by atoms with Gasteiger partial charge in [-0.2, -0.15) is 0 Å². The van der Waals surface area contributed by atoms with Gasteiger partial charge in [-0.3, -0.25) is 9.59 Å². The first-order valence-corrected chi connectivity index (χ1v) is 5.81. The molecule has 9 nitrogen and oxygen atoms in total. The second kappa shape index (κ2) is 8.73. The lowest BCUT2D eigenvalue weighted by Crippen LogP contribution is -2.47. The summed E-state index contributed by atoms with van der Waals surface area (Å²) in [6.45, 7) is 0.209. The van der Waals surface area contributed by atoms with Crippen molar-refractivity contribution in [1.29, 1.82) is 0 Å². The normalized spacial score (nSPS) is 11.3. The van der Waals surface area contributed by atoms with Crippen molar-refractivity contribution in [2.24, 2.45) is 0 Å². The summed E-state index contributed by atoms with van der Waals surface area (Å²) in [6, 6.07) is -2.22. The fourth-order valence-electron chi connectivity index (χ4n) is 1.30. The number of nitrogens with zero attached hydrogens (tertiary/aromatic N) is 1. The molecule has 0 radical (unpaired) electrons. The quantitative estimate of drug-likeness (QED) is 0.513. The molecule has 20 heavy (non-hydrogen) atoms. The molecule has 1 unspecified atom stereocenters. The Morgan fingerprint density at radius 3 is 2.30 bits per heavy atom. The van der Waals surface area contributed by atoms with Crippen LogP contribution in [0, 0.1) is 0 Å². The second-order valence-corrected chi connectivity index (χ2v) is 4.04. The van der Waals surface area contributed by atoms with Gasteiger partial charge in [-0.05, 0) is 6.42 Å². The van der Waals surface area contributed by atoms with E-state index in [2.05, 4.69) is 10.1 Å². The van der Waals surface area contributed by atoms with Crippen LogP contribution in [0.1, 0.15) is 19.3 Å². The third-order valence-electron chi connectivity index (χ3n) is 2.42. The van der Waals surface area contributed by atoms with Gasteiger partial charge in [0.15, 0.2) is 0 Å². The van der Waals surface area contributed by atoms with Crippen molar-refractivity contribution in [1.82, 2.24) is 10.2 Å². The molecule has 0 saturated heterocycles. The summed E-state index contributed by atoms with van der Waals surface area (Å²) in [6.07, 6.45) is -0.226. The number of amides is 2. The first-order valence-electron chi connectivity index (χ1n) is 5.81. The molecule has 0 aromatic rings. The minimum Gasteiger partial charge on any atom is -0.481 e. The number of ether oxygens (including phenoxy) is 1. The third kappa shape index (κ3) is 7.19. The van der Waals surface area contributed by atoms with Crippen molar-refractivity contribution >= 4 is 23.9 Å². The maximum Gasteiger partial charge on any atom is 0.326 e. The van der Waals surface area contributed by atoms with Gasteiger partial charge in [0, 0.05) is 20.0 Å². The molecule has 0 aromatic heterocycles. The van der Waals surface area contributed by atoms with Crippen LogP contribution in [-0.2, 0) is 19.1 Å². The van der Waals surface area contributed by atoms with Crippen LogP contribution in [0.15, 0.2) is 0 Å². The van der Waals surface area contributed by atoms with E-state index in [0.29, 0.717) is 6.42 Å². The number of carbonyl (C=O) groups excluding carboxylic acids is 2. The Hall–Kier alpha value is -2.32. The van der Waals surface area contributed by atoms with Crippen LogP contribution < -0.4 is 5.32 Å². The predicted octanol–water partition coefficient (Wildman–Crippen LogP) is -0.491. The fourth-order valence-corrected chi connectivity index (χ4v) is 1.30. The minimum absolute atomic E-state index is 0.131. The molecule has 1 atom stereocenters. The number of carboxylic acid groups (broad SMARTS) is 2. The van der Waals surface area contributed by atoms with Gasteiger partial charge in [0.25, 0.3) is 0 Å². The van der Waals surface area contributed by atoms with Crippen molar-refractivity contribution < 1.29 is 34.1 Å². The number of aliphatic carboxylic acids is 2. The molecule has 114 valence electrons. The second-order valence-electron chi connectivity index (χ2n) is 4.04. The summed E-state index contributed by atoms with van der Waals surface area (Å²) < 4.78 is 4.43. The highest BCUT2D eigenvalue weighted by atomic mass is 16.5. The largest absolute Gasteiger partial charge is 0.481 e. The molecular weight excluding hydrogens is 272 g/mol. The smallest absolute Gasteiger partial charge is 0.326 e. The lowest BCUT2D eigenvalue weighted by atomic mass is 10.2. The molecule has 0 aliphatic carbocycles. The maximum atomic E-state index is 11.6. The van der Waals surface area contributed by atoms with E-state index in [9.17, 15) is 19.2 Å². The van der Waals surface area contributed by atoms with Crippen molar-refractivity contribution in [2.75, 3.05) is 20.7 Å². The topological polar surface area (TPSA) is 133 Å². The molecule has 0 aromatic carbocycles. The van der Waals surface area contributed by atoms with Gasteiger partial charge in [0.2, 0.25) is 0 Å². The Labute approximate surface area is 115 Å². The lowest BCUT2D eigenvalue weighted by Gasteiger charge is -2.20. The number of urea groups is 1. The molecule has 3 N–H and O–H groups in total. The molecule has 0 aliphatic rings. The summed E-state index contributed by atoms with van der Waals surface area (Å²) in [5.74, 6) is -3.16. The van der Waals surface area contributed by atoms with Crippen LogP contribution in [0.3, 0.4) is 0 Å². The maximum absolute atomic E-state index is 11.6. The van der Waals surface area contributed by atoms with E-state index < -0.39 is 36.4 Å². The molecule has 0 fully saturated rings. The summed E-state index contributed by atoms with van der Waals surface area (Å²) in [5.41, 5.74) is 0. The fraction of sp³-hybridized carbons (Fsp3) is 0.636. The van der Waals surface area contributed by atoms with Gasteiger partial charge in [-0.15, -0.1) is 0 Å². The Balaban J connectivity index is 4.25. The van der Waals surface area contributed by atoms with Gasteiger partial charge in [-0.1, -0.05) is 0 Å². The molecular formula is C11H18N2O7. The van der Waals surface area contributed by atoms with Crippen LogP contribution in [0.25, 0.3) is 0 Å². The van der Waals surface area contributed by atoms with Gasteiger partial charge in [-0.25, -0.2) is 9.59 Å². The number of rotatable bonds is 8. The number of esters is 1. The third-order valence-corrected chi connectivity index (χ3v) is 2.42. The van der Waals surface area contributed by atoms with Crippen LogP contribution in [0.2, 0.25) is 0 Å². The van der Waals surface area contributed by atoms with Crippen molar-refractivity contribution in [3.63, 3.8) is 0 Å². The molecule has 0 spiro atoms.